The van der Waals surface area contributed by atoms with Gasteiger partial charge in [-0.15, -0.1) is 0 Å². The van der Waals surface area contributed by atoms with Crippen LogP contribution in [0.2, 0.25) is 0 Å². The van der Waals surface area contributed by atoms with Gasteiger partial charge in [0.05, 0.1) is 29.4 Å². The third kappa shape index (κ3) is 4.60. The van der Waals surface area contributed by atoms with E-state index in [1.165, 1.54) is 19.3 Å². The zero-order valence-corrected chi connectivity index (χ0v) is 20.3. The van der Waals surface area contributed by atoms with Crippen LogP contribution in [0, 0.1) is 13.8 Å². The molecular formula is C27H30N4O4. The Balaban J connectivity index is 1.38. The molecule has 0 radical (unpaired) electrons. The molecule has 8 heteroatoms. The first-order valence-electron chi connectivity index (χ1n) is 12.1. The van der Waals surface area contributed by atoms with Crippen LogP contribution in [-0.4, -0.2) is 27.7 Å². The summed E-state index contributed by atoms with van der Waals surface area (Å²) in [5.74, 6) is 2.08. The summed E-state index contributed by atoms with van der Waals surface area (Å²) < 4.78 is 18.9. The zero-order valence-electron chi connectivity index (χ0n) is 20.3. The highest BCUT2D eigenvalue weighted by atomic mass is 16.5. The van der Waals surface area contributed by atoms with Crippen LogP contribution in [0.4, 0.5) is 5.95 Å². The monoisotopic (exact) mass is 474 g/mol. The molecule has 0 spiro atoms. The van der Waals surface area contributed by atoms with E-state index >= 15 is 0 Å². The number of nitrogens with one attached hydrogen (secondary N) is 1. The fraction of sp³-hybridized carbons (Fsp3) is 0.370. The first-order valence-corrected chi connectivity index (χ1v) is 12.1. The summed E-state index contributed by atoms with van der Waals surface area (Å²) in [4.78, 5) is 18.0. The Morgan fingerprint density at radius 1 is 1.11 bits per heavy atom. The molecule has 2 aromatic carbocycles. The van der Waals surface area contributed by atoms with Gasteiger partial charge < -0.3 is 18.6 Å². The molecule has 1 aliphatic rings. The number of ether oxygens (including phenoxy) is 2. The lowest BCUT2D eigenvalue weighted by molar-refractivity contribution is 0.102. The molecule has 1 saturated carbocycles. The van der Waals surface area contributed by atoms with E-state index < -0.39 is 0 Å². The maximum Gasteiger partial charge on any atom is 0.258 e. The lowest BCUT2D eigenvalue weighted by Gasteiger charge is -2.25. The first-order chi connectivity index (χ1) is 17.0. The minimum absolute atomic E-state index is 0.243. The summed E-state index contributed by atoms with van der Waals surface area (Å²) in [5.41, 5.74) is 4.09. The Kier molecular flexibility index (Phi) is 6.44. The molecule has 5 rings (SSSR count). The van der Waals surface area contributed by atoms with Crippen LogP contribution >= 0.6 is 0 Å². The summed E-state index contributed by atoms with van der Waals surface area (Å²) in [6.45, 7) is 4.03. The molecule has 35 heavy (non-hydrogen) atoms. The van der Waals surface area contributed by atoms with Crippen LogP contribution in [0.5, 0.6) is 11.5 Å². The van der Waals surface area contributed by atoms with E-state index in [2.05, 4.69) is 21.1 Å². The number of hydrogen-bond acceptors (Lipinski definition) is 6. The van der Waals surface area contributed by atoms with Gasteiger partial charge in [-0.05, 0) is 57.0 Å². The lowest BCUT2D eigenvalue weighted by atomic mass is 9.95. The van der Waals surface area contributed by atoms with E-state index in [-0.39, 0.29) is 5.91 Å². The van der Waals surface area contributed by atoms with Gasteiger partial charge in [0, 0.05) is 11.6 Å². The van der Waals surface area contributed by atoms with Gasteiger partial charge in [0.25, 0.3) is 5.91 Å². The number of nitrogens with zero attached hydrogens (tertiary/aromatic N) is 3. The number of aryl methyl sites for hydroxylation is 2. The van der Waals surface area contributed by atoms with Crippen LogP contribution in [0.15, 0.2) is 47.0 Å². The number of amides is 1. The van der Waals surface area contributed by atoms with E-state index in [4.69, 9.17) is 19.0 Å². The number of rotatable bonds is 7. The maximum absolute atomic E-state index is 13.3. The van der Waals surface area contributed by atoms with Crippen LogP contribution in [-0.2, 0) is 6.61 Å². The Bertz CT molecular complexity index is 1330. The van der Waals surface area contributed by atoms with Crippen molar-refractivity contribution in [2.75, 3.05) is 12.4 Å². The van der Waals surface area contributed by atoms with Crippen molar-refractivity contribution in [3.63, 3.8) is 0 Å². The van der Waals surface area contributed by atoms with E-state index in [0.29, 0.717) is 35.7 Å². The predicted octanol–water partition coefficient (Wildman–Crippen LogP) is 5.99. The van der Waals surface area contributed by atoms with Gasteiger partial charge in [0.2, 0.25) is 5.95 Å². The number of imidazole rings is 1. The second-order valence-corrected chi connectivity index (χ2v) is 9.00. The molecule has 8 nitrogen and oxygen atoms in total. The van der Waals surface area contributed by atoms with Gasteiger partial charge >= 0.3 is 0 Å². The average molecular weight is 475 g/mol. The van der Waals surface area contributed by atoms with Crippen molar-refractivity contribution < 1.29 is 18.8 Å². The number of hydrogen-bond donors (Lipinski definition) is 1. The van der Waals surface area contributed by atoms with Crippen LogP contribution in [0.1, 0.15) is 65.5 Å². The summed E-state index contributed by atoms with van der Waals surface area (Å²) >= 11 is 0. The van der Waals surface area contributed by atoms with Gasteiger partial charge in [-0.25, -0.2) is 4.98 Å². The third-order valence-corrected chi connectivity index (χ3v) is 6.74. The molecule has 0 saturated heterocycles. The van der Waals surface area contributed by atoms with E-state index in [0.717, 1.165) is 40.9 Å². The number of aromatic nitrogens is 3. The van der Waals surface area contributed by atoms with Crippen molar-refractivity contribution in [1.29, 1.82) is 0 Å². The van der Waals surface area contributed by atoms with Crippen LogP contribution in [0.3, 0.4) is 0 Å². The molecule has 1 amide bonds. The van der Waals surface area contributed by atoms with Gasteiger partial charge in [-0.1, -0.05) is 36.6 Å². The Labute approximate surface area is 204 Å². The zero-order chi connectivity index (χ0) is 24.4. The fourth-order valence-electron chi connectivity index (χ4n) is 4.80. The summed E-state index contributed by atoms with van der Waals surface area (Å²) in [6.07, 6.45) is 5.83. The largest absolute Gasteiger partial charge is 0.493 e. The van der Waals surface area contributed by atoms with E-state index in [1.54, 1.807) is 25.3 Å². The number of fused-ring (bicyclic) bond motifs is 1. The summed E-state index contributed by atoms with van der Waals surface area (Å²) in [6, 6.07) is 13.5. The number of anilines is 1. The molecule has 0 atom stereocenters. The number of carbonyl (C=O) groups excluding carboxylic acids is 1. The van der Waals surface area contributed by atoms with Gasteiger partial charge in [-0.2, -0.15) is 0 Å². The van der Waals surface area contributed by atoms with Crippen LogP contribution in [0.25, 0.3) is 11.0 Å². The molecule has 2 aromatic heterocycles. The lowest BCUT2D eigenvalue weighted by Crippen LogP contribution is -2.20. The Hall–Kier alpha value is -3.81. The third-order valence-electron chi connectivity index (χ3n) is 6.74. The quantitative estimate of drug-likeness (QED) is 0.354. The van der Waals surface area contributed by atoms with Crippen LogP contribution < -0.4 is 14.8 Å². The van der Waals surface area contributed by atoms with E-state index in [1.807, 2.05) is 32.0 Å². The van der Waals surface area contributed by atoms with Gasteiger partial charge in [0.15, 0.2) is 11.5 Å². The number of methoxy groups -OCH3 is 1. The normalized spacial score (nSPS) is 14.3. The van der Waals surface area contributed by atoms with Crippen molar-refractivity contribution >= 4 is 22.9 Å². The molecule has 0 bridgehead atoms. The Morgan fingerprint density at radius 3 is 2.66 bits per heavy atom. The molecule has 1 N–H and O–H groups in total. The SMILES string of the molecule is COc1cc(C(=O)Nc2nc3ccccc3n2C2CCCCC2)ccc1OCc1c(C)noc1C. The van der Waals surface area contributed by atoms with Crippen molar-refractivity contribution in [3.05, 3.63) is 65.0 Å². The first kappa shape index (κ1) is 23.0. The van der Waals surface area contributed by atoms with Gasteiger partial charge in [0.1, 0.15) is 12.4 Å². The predicted molar refractivity (Wildman–Crippen MR) is 133 cm³/mol. The average Bonchev–Trinajstić information content (AvgIpc) is 3.41. The van der Waals surface area contributed by atoms with Crippen molar-refractivity contribution in [2.24, 2.45) is 0 Å². The Morgan fingerprint density at radius 2 is 1.91 bits per heavy atom. The topological polar surface area (TPSA) is 91.4 Å². The number of benzene rings is 2. The summed E-state index contributed by atoms with van der Waals surface area (Å²) in [5, 5.41) is 7.01. The molecule has 4 aromatic rings. The second kappa shape index (κ2) is 9.82. The molecule has 2 heterocycles. The molecule has 182 valence electrons. The number of para-hydroxylation sites is 2. The van der Waals surface area contributed by atoms with E-state index in [9.17, 15) is 4.79 Å². The number of carbonyl (C=O) groups is 1. The maximum atomic E-state index is 13.3. The molecular weight excluding hydrogens is 444 g/mol. The minimum Gasteiger partial charge on any atom is -0.493 e. The minimum atomic E-state index is -0.243. The molecule has 1 aliphatic carbocycles. The highest BCUT2D eigenvalue weighted by molar-refractivity contribution is 6.04. The fourth-order valence-corrected chi connectivity index (χ4v) is 4.80. The van der Waals surface area contributed by atoms with Crippen molar-refractivity contribution in [1.82, 2.24) is 14.7 Å². The smallest absolute Gasteiger partial charge is 0.258 e. The highest BCUT2D eigenvalue weighted by Gasteiger charge is 2.23. The second-order valence-electron chi connectivity index (χ2n) is 9.00. The van der Waals surface area contributed by atoms with Crippen molar-refractivity contribution in [3.8, 4) is 11.5 Å². The molecule has 0 aliphatic heterocycles. The van der Waals surface area contributed by atoms with Crippen molar-refractivity contribution in [2.45, 2.75) is 58.6 Å². The highest BCUT2D eigenvalue weighted by Crippen LogP contribution is 2.35. The van der Waals surface area contributed by atoms with Gasteiger partial charge in [-0.3, -0.25) is 10.1 Å². The standard InChI is InChI=1S/C27H30N4O4/c1-17-21(18(2)35-30-17)16-34-24-14-13-19(15-25(24)33-3)26(32)29-27-28-22-11-7-8-12-23(22)31(27)20-9-5-4-6-10-20/h7-8,11-15,20H,4-6,9-10,16H2,1-3H3,(H,28,29,32). The summed E-state index contributed by atoms with van der Waals surface area (Å²) in [7, 11) is 1.56. The molecule has 1 fully saturated rings. The molecule has 0 unspecified atom stereocenters.